The summed E-state index contributed by atoms with van der Waals surface area (Å²) in [5.41, 5.74) is 6.29. The van der Waals surface area contributed by atoms with Crippen LogP contribution >= 0.6 is 31.9 Å². The molecule has 0 aliphatic heterocycles. The lowest BCUT2D eigenvalue weighted by Gasteiger charge is -2.06. The monoisotopic (exact) mass is 640 g/mol. The molecule has 0 aliphatic carbocycles. The molecular formula is C25H30Br2N4O6. The number of unbranched alkanes of at least 4 members (excludes halogenated alkanes) is 4. The van der Waals surface area contributed by atoms with E-state index in [1.54, 1.807) is 24.3 Å². The molecule has 10 nitrogen and oxygen atoms in total. The highest BCUT2D eigenvalue weighted by atomic mass is 79.9. The topological polar surface area (TPSA) is 142 Å². The van der Waals surface area contributed by atoms with Crippen LogP contribution in [0.15, 0.2) is 43.4 Å². The Labute approximate surface area is 232 Å². The number of hydrogen-bond acceptors (Lipinski definition) is 8. The van der Waals surface area contributed by atoms with Crippen LogP contribution in [-0.2, 0) is 9.59 Å². The van der Waals surface area contributed by atoms with Crippen LogP contribution in [0.3, 0.4) is 0 Å². The molecule has 0 atom stereocenters. The first-order chi connectivity index (χ1) is 17.7. The molecule has 37 heavy (non-hydrogen) atoms. The van der Waals surface area contributed by atoms with Crippen LogP contribution < -0.4 is 20.3 Å². The summed E-state index contributed by atoms with van der Waals surface area (Å²) in [6.45, 7) is 0. The Hall–Kier alpha value is -3.12. The normalized spacial score (nSPS) is 11.1. The number of methoxy groups -OCH3 is 2. The number of amides is 2. The first kappa shape index (κ1) is 30.1. The van der Waals surface area contributed by atoms with Gasteiger partial charge in [0.25, 0.3) is 0 Å². The maximum atomic E-state index is 11.9. The van der Waals surface area contributed by atoms with Crippen molar-refractivity contribution in [2.45, 2.75) is 44.9 Å². The van der Waals surface area contributed by atoms with E-state index in [9.17, 15) is 19.8 Å². The molecule has 0 spiro atoms. The van der Waals surface area contributed by atoms with Crippen LogP contribution in [0.4, 0.5) is 0 Å². The summed E-state index contributed by atoms with van der Waals surface area (Å²) in [7, 11) is 2.90. The number of hydrazone groups is 2. The van der Waals surface area contributed by atoms with Crippen LogP contribution in [0.1, 0.15) is 56.1 Å². The Morgan fingerprint density at radius 1 is 0.757 bits per heavy atom. The zero-order valence-electron chi connectivity index (χ0n) is 20.6. The molecule has 200 valence electrons. The maximum absolute atomic E-state index is 11.9. The highest BCUT2D eigenvalue weighted by molar-refractivity contribution is 9.10. The zero-order valence-corrected chi connectivity index (χ0v) is 23.8. The van der Waals surface area contributed by atoms with Crippen LogP contribution in [0, 0.1) is 0 Å². The van der Waals surface area contributed by atoms with Crippen LogP contribution in [0.25, 0.3) is 0 Å². The summed E-state index contributed by atoms with van der Waals surface area (Å²) < 4.78 is 11.1. The Bertz CT molecular complexity index is 1050. The fourth-order valence-electron chi connectivity index (χ4n) is 3.22. The molecule has 0 fully saturated rings. The average Bonchev–Trinajstić information content (AvgIpc) is 2.87. The molecule has 0 saturated carbocycles. The van der Waals surface area contributed by atoms with Gasteiger partial charge in [-0.15, -0.1) is 0 Å². The summed E-state index contributed by atoms with van der Waals surface area (Å²) in [6.07, 6.45) is 7.76. The molecule has 4 N–H and O–H groups in total. The minimum absolute atomic E-state index is 0.00154. The van der Waals surface area contributed by atoms with Gasteiger partial charge in [-0.05, 0) is 80.1 Å². The first-order valence-corrected chi connectivity index (χ1v) is 13.1. The third kappa shape index (κ3) is 10.4. The van der Waals surface area contributed by atoms with Gasteiger partial charge in [0.05, 0.1) is 35.6 Å². The van der Waals surface area contributed by atoms with Crippen molar-refractivity contribution in [1.82, 2.24) is 10.9 Å². The Morgan fingerprint density at radius 2 is 1.14 bits per heavy atom. The van der Waals surface area contributed by atoms with E-state index in [2.05, 4.69) is 52.9 Å². The fourth-order valence-corrected chi connectivity index (χ4v) is 4.14. The number of carbonyl (C=O) groups excluding carboxylic acids is 2. The van der Waals surface area contributed by atoms with Gasteiger partial charge >= 0.3 is 0 Å². The van der Waals surface area contributed by atoms with Gasteiger partial charge in [-0.3, -0.25) is 9.59 Å². The minimum atomic E-state index is -0.184. The predicted octanol–water partition coefficient (Wildman–Crippen LogP) is 4.97. The second-order valence-electron chi connectivity index (χ2n) is 7.96. The van der Waals surface area contributed by atoms with E-state index in [4.69, 9.17) is 9.47 Å². The number of ether oxygens (including phenoxy) is 2. The van der Waals surface area contributed by atoms with Crippen molar-refractivity contribution in [2.24, 2.45) is 10.2 Å². The van der Waals surface area contributed by atoms with E-state index in [-0.39, 0.29) is 23.3 Å². The Balaban J connectivity index is 1.57. The molecule has 2 aromatic rings. The summed E-state index contributed by atoms with van der Waals surface area (Å²) >= 11 is 6.47. The van der Waals surface area contributed by atoms with Crippen LogP contribution in [0.5, 0.6) is 23.0 Å². The summed E-state index contributed by atoms with van der Waals surface area (Å²) in [5, 5.41) is 27.5. The molecule has 0 radical (unpaired) electrons. The highest BCUT2D eigenvalue weighted by Gasteiger charge is 2.09. The van der Waals surface area contributed by atoms with Gasteiger partial charge in [0.1, 0.15) is 0 Å². The fraction of sp³-hybridized carbons (Fsp3) is 0.360. The van der Waals surface area contributed by atoms with E-state index in [0.29, 0.717) is 44.4 Å². The minimum Gasteiger partial charge on any atom is -0.503 e. The van der Waals surface area contributed by atoms with Crippen molar-refractivity contribution in [3.05, 3.63) is 44.3 Å². The van der Waals surface area contributed by atoms with Gasteiger partial charge in [-0.25, -0.2) is 10.9 Å². The number of nitrogens with zero attached hydrogens (tertiary/aromatic N) is 2. The quantitative estimate of drug-likeness (QED) is 0.130. The van der Waals surface area contributed by atoms with Gasteiger partial charge < -0.3 is 19.7 Å². The van der Waals surface area contributed by atoms with E-state index in [0.717, 1.165) is 32.1 Å². The maximum Gasteiger partial charge on any atom is 0.240 e. The predicted molar refractivity (Wildman–Crippen MR) is 149 cm³/mol. The molecule has 2 rings (SSSR count). The van der Waals surface area contributed by atoms with Gasteiger partial charge in [0.2, 0.25) is 11.8 Å². The second kappa shape index (κ2) is 15.9. The molecule has 0 aliphatic rings. The van der Waals surface area contributed by atoms with E-state index >= 15 is 0 Å². The number of carbonyl (C=O) groups is 2. The number of aromatic hydroxyl groups is 2. The third-order valence-electron chi connectivity index (χ3n) is 5.15. The SMILES string of the molecule is COc1cc(C=NNC(=O)CCCCCCCC(=O)NN=Cc2cc(Br)c(O)c(OC)c2)cc(Br)c1O. The molecule has 0 bridgehead atoms. The number of benzene rings is 2. The molecule has 12 heteroatoms. The lowest BCUT2D eigenvalue weighted by molar-refractivity contribution is -0.121. The summed E-state index contributed by atoms with van der Waals surface area (Å²) in [6, 6.07) is 6.53. The molecule has 0 heterocycles. The van der Waals surface area contributed by atoms with Crippen molar-refractivity contribution < 1.29 is 29.3 Å². The number of rotatable bonds is 14. The van der Waals surface area contributed by atoms with E-state index in [1.165, 1.54) is 26.6 Å². The summed E-state index contributed by atoms with van der Waals surface area (Å²) in [4.78, 5) is 23.9. The second-order valence-corrected chi connectivity index (χ2v) is 9.67. The number of halogens is 2. The Morgan fingerprint density at radius 3 is 1.51 bits per heavy atom. The van der Waals surface area contributed by atoms with Crippen LogP contribution in [0.2, 0.25) is 0 Å². The molecule has 0 saturated heterocycles. The first-order valence-electron chi connectivity index (χ1n) is 11.5. The van der Waals surface area contributed by atoms with E-state index in [1.807, 2.05) is 0 Å². The van der Waals surface area contributed by atoms with Gasteiger partial charge in [-0.1, -0.05) is 19.3 Å². The van der Waals surface area contributed by atoms with Crippen molar-refractivity contribution in [2.75, 3.05) is 14.2 Å². The number of phenols is 2. The molecular weight excluding hydrogens is 612 g/mol. The van der Waals surface area contributed by atoms with Gasteiger partial charge in [0.15, 0.2) is 23.0 Å². The smallest absolute Gasteiger partial charge is 0.240 e. The Kier molecular flexibility index (Phi) is 12.9. The molecule has 2 amide bonds. The van der Waals surface area contributed by atoms with Gasteiger partial charge in [-0.2, -0.15) is 10.2 Å². The van der Waals surface area contributed by atoms with Crippen LogP contribution in [-0.4, -0.2) is 48.7 Å². The lowest BCUT2D eigenvalue weighted by Crippen LogP contribution is -2.17. The van der Waals surface area contributed by atoms with Gasteiger partial charge in [0, 0.05) is 12.8 Å². The standard InChI is InChI=1S/C25H30Br2N4O6/c1-36-20-12-16(10-18(26)24(20)34)14-28-30-22(32)8-6-4-3-5-7-9-23(33)31-29-15-17-11-19(27)25(35)21(13-17)37-2/h10-15,34-35H,3-9H2,1-2H3,(H,30,32)(H,31,33). The van der Waals surface area contributed by atoms with Crippen molar-refractivity contribution in [3.63, 3.8) is 0 Å². The van der Waals surface area contributed by atoms with Crippen molar-refractivity contribution >= 4 is 56.1 Å². The zero-order chi connectivity index (χ0) is 27.2. The van der Waals surface area contributed by atoms with E-state index < -0.39 is 0 Å². The third-order valence-corrected chi connectivity index (χ3v) is 6.36. The average molecular weight is 642 g/mol. The molecule has 0 aromatic heterocycles. The highest BCUT2D eigenvalue weighted by Crippen LogP contribution is 2.35. The number of nitrogens with one attached hydrogen (secondary N) is 2. The van der Waals surface area contributed by atoms with Crippen molar-refractivity contribution in [3.8, 4) is 23.0 Å². The van der Waals surface area contributed by atoms with Crippen molar-refractivity contribution in [1.29, 1.82) is 0 Å². The lowest BCUT2D eigenvalue weighted by atomic mass is 10.1. The summed E-state index contributed by atoms with van der Waals surface area (Å²) in [5.74, 6) is 0.233. The molecule has 0 unspecified atom stereocenters. The largest absolute Gasteiger partial charge is 0.503 e. The number of phenolic OH excluding ortho intramolecular Hbond substituents is 2. The molecule has 2 aromatic carbocycles. The number of hydrogen-bond donors (Lipinski definition) is 4.